The zero-order valence-electron chi connectivity index (χ0n) is 17.7. The molecule has 0 saturated carbocycles. The van der Waals surface area contributed by atoms with Gasteiger partial charge in [-0.1, -0.05) is 6.07 Å². The Morgan fingerprint density at radius 2 is 1.72 bits per heavy atom. The minimum atomic E-state index is -0.954. The number of H-pyrrole nitrogens is 1. The van der Waals surface area contributed by atoms with Crippen LogP contribution in [0.3, 0.4) is 0 Å². The average Bonchev–Trinajstić information content (AvgIpc) is 2.99. The normalized spacial score (nSPS) is 11.7. The summed E-state index contributed by atoms with van der Waals surface area (Å²) in [5.74, 6) is 0.237. The van der Waals surface area contributed by atoms with E-state index in [1.54, 1.807) is 40.2 Å². The summed E-state index contributed by atoms with van der Waals surface area (Å²) in [4.78, 5) is 39.6. The number of Topliss-reactive ketones (excluding diaryl/α,β-unsaturated/α-hetero) is 2. The Kier molecular flexibility index (Phi) is 7.20. The first-order valence-electron chi connectivity index (χ1n) is 9.34. The van der Waals surface area contributed by atoms with E-state index in [2.05, 4.69) is 4.98 Å². The van der Waals surface area contributed by atoms with Gasteiger partial charge in [-0.25, -0.2) is 0 Å². The minimum absolute atomic E-state index is 0.116. The number of hydrogen-bond acceptors (Lipinski definition) is 6. The maximum Gasteiger partial charge on any atom is 0.306 e. The van der Waals surface area contributed by atoms with Crippen LogP contribution in [0.5, 0.6) is 11.5 Å². The first kappa shape index (κ1) is 22.2. The van der Waals surface area contributed by atoms with Crippen LogP contribution in [-0.2, 0) is 16.0 Å². The van der Waals surface area contributed by atoms with Crippen molar-refractivity contribution >= 4 is 17.5 Å². The fourth-order valence-electron chi connectivity index (χ4n) is 3.32. The second kappa shape index (κ2) is 9.41. The molecule has 29 heavy (non-hydrogen) atoms. The second-order valence-electron chi connectivity index (χ2n) is 6.87. The fourth-order valence-corrected chi connectivity index (χ4v) is 3.32. The van der Waals surface area contributed by atoms with E-state index in [1.807, 2.05) is 6.07 Å². The molecule has 2 aromatic rings. The summed E-state index contributed by atoms with van der Waals surface area (Å²) >= 11 is 0. The highest BCUT2D eigenvalue weighted by atomic mass is 16.5. The molecule has 1 aromatic carbocycles. The Morgan fingerprint density at radius 1 is 1.07 bits per heavy atom. The third-order valence-electron chi connectivity index (χ3n) is 4.78. The SMILES string of the molecule is COc1ccc(CCC(=O)OC(C)C(=O)c2[nH]c(C)c(C(C)=O)c2C)cc1OC. The maximum absolute atomic E-state index is 12.7. The fraction of sp³-hybridized carbons (Fsp3) is 0.409. The van der Waals surface area contributed by atoms with Crippen molar-refractivity contribution in [1.29, 1.82) is 0 Å². The number of aromatic amines is 1. The van der Waals surface area contributed by atoms with Gasteiger partial charge in [-0.3, -0.25) is 14.4 Å². The molecular formula is C22H27NO6. The van der Waals surface area contributed by atoms with Crippen LogP contribution in [-0.4, -0.2) is 42.8 Å². The number of aryl methyl sites for hydroxylation is 2. The predicted octanol–water partition coefficient (Wildman–Crippen LogP) is 3.60. The van der Waals surface area contributed by atoms with Gasteiger partial charge in [0.2, 0.25) is 5.78 Å². The first-order valence-corrected chi connectivity index (χ1v) is 9.34. The average molecular weight is 401 g/mol. The van der Waals surface area contributed by atoms with Crippen LogP contribution >= 0.6 is 0 Å². The highest BCUT2D eigenvalue weighted by Gasteiger charge is 2.25. The van der Waals surface area contributed by atoms with Gasteiger partial charge in [0.1, 0.15) is 0 Å². The lowest BCUT2D eigenvalue weighted by Gasteiger charge is -2.13. The molecule has 0 bridgehead atoms. The number of hydrogen-bond donors (Lipinski definition) is 1. The van der Waals surface area contributed by atoms with Crippen molar-refractivity contribution in [3.63, 3.8) is 0 Å². The molecule has 0 spiro atoms. The summed E-state index contributed by atoms with van der Waals surface area (Å²) in [5.41, 5.74) is 2.90. The molecule has 0 radical (unpaired) electrons. The third-order valence-corrected chi connectivity index (χ3v) is 4.78. The zero-order chi connectivity index (χ0) is 21.7. The van der Waals surface area contributed by atoms with Gasteiger partial charge in [0.25, 0.3) is 0 Å². The number of benzene rings is 1. The van der Waals surface area contributed by atoms with E-state index in [0.29, 0.717) is 40.4 Å². The Labute approximate surface area is 170 Å². The van der Waals surface area contributed by atoms with E-state index in [9.17, 15) is 14.4 Å². The van der Waals surface area contributed by atoms with Gasteiger partial charge in [0.05, 0.1) is 19.9 Å². The highest BCUT2D eigenvalue weighted by molar-refractivity contribution is 6.05. The third kappa shape index (κ3) is 5.04. The Hall–Kier alpha value is -3.09. The molecule has 0 fully saturated rings. The summed E-state index contributed by atoms with van der Waals surface area (Å²) in [6.45, 7) is 6.42. The van der Waals surface area contributed by atoms with Crippen LogP contribution in [0.15, 0.2) is 18.2 Å². The van der Waals surface area contributed by atoms with Gasteiger partial charge < -0.3 is 19.2 Å². The molecule has 2 rings (SSSR count). The Balaban J connectivity index is 2.00. The molecule has 7 nitrogen and oxygen atoms in total. The van der Waals surface area contributed by atoms with Gasteiger partial charge in [0, 0.05) is 17.7 Å². The van der Waals surface area contributed by atoms with Crippen molar-refractivity contribution in [2.24, 2.45) is 0 Å². The molecule has 0 amide bonds. The number of aromatic nitrogens is 1. The summed E-state index contributed by atoms with van der Waals surface area (Å²) in [6.07, 6.45) is -0.395. The first-order chi connectivity index (χ1) is 13.7. The Bertz CT molecular complexity index is 928. The molecule has 0 aliphatic rings. The molecule has 0 aliphatic carbocycles. The van der Waals surface area contributed by atoms with Crippen molar-refractivity contribution in [3.8, 4) is 11.5 Å². The number of nitrogens with one attached hydrogen (secondary N) is 1. The number of methoxy groups -OCH3 is 2. The maximum atomic E-state index is 12.7. The van der Waals surface area contributed by atoms with Gasteiger partial charge in [-0.15, -0.1) is 0 Å². The van der Waals surface area contributed by atoms with Crippen LogP contribution in [0.4, 0.5) is 0 Å². The number of carbonyl (C=O) groups is 3. The number of rotatable bonds is 9. The Morgan fingerprint density at radius 3 is 2.28 bits per heavy atom. The smallest absolute Gasteiger partial charge is 0.306 e. The van der Waals surface area contributed by atoms with E-state index in [1.165, 1.54) is 13.8 Å². The van der Waals surface area contributed by atoms with Crippen LogP contribution in [0.25, 0.3) is 0 Å². The summed E-state index contributed by atoms with van der Waals surface area (Å²) in [6, 6.07) is 5.42. The molecule has 1 aromatic heterocycles. The van der Waals surface area contributed by atoms with Gasteiger partial charge in [-0.2, -0.15) is 0 Å². The number of ketones is 2. The quantitative estimate of drug-likeness (QED) is 0.510. The predicted molar refractivity (Wildman–Crippen MR) is 108 cm³/mol. The van der Waals surface area contributed by atoms with Crippen molar-refractivity contribution in [1.82, 2.24) is 4.98 Å². The monoisotopic (exact) mass is 401 g/mol. The van der Waals surface area contributed by atoms with E-state index in [4.69, 9.17) is 14.2 Å². The van der Waals surface area contributed by atoms with Crippen LogP contribution < -0.4 is 9.47 Å². The molecule has 0 aliphatic heterocycles. The van der Waals surface area contributed by atoms with Crippen molar-refractivity contribution in [2.75, 3.05) is 14.2 Å². The molecule has 1 unspecified atom stereocenters. The molecule has 7 heteroatoms. The minimum Gasteiger partial charge on any atom is -0.493 e. The van der Waals surface area contributed by atoms with Crippen LogP contribution in [0, 0.1) is 13.8 Å². The van der Waals surface area contributed by atoms with Crippen molar-refractivity contribution in [2.45, 2.75) is 46.6 Å². The molecule has 0 saturated heterocycles. The lowest BCUT2D eigenvalue weighted by Crippen LogP contribution is -2.25. The lowest BCUT2D eigenvalue weighted by molar-refractivity contribution is -0.146. The van der Waals surface area contributed by atoms with E-state index < -0.39 is 12.1 Å². The number of carbonyl (C=O) groups excluding carboxylic acids is 3. The number of ether oxygens (including phenoxy) is 3. The van der Waals surface area contributed by atoms with Crippen LogP contribution in [0.1, 0.15) is 57.9 Å². The van der Waals surface area contributed by atoms with Crippen molar-refractivity contribution in [3.05, 3.63) is 46.3 Å². The summed E-state index contributed by atoms with van der Waals surface area (Å²) in [5, 5.41) is 0. The summed E-state index contributed by atoms with van der Waals surface area (Å²) < 4.78 is 15.8. The van der Waals surface area contributed by atoms with Gasteiger partial charge in [0.15, 0.2) is 23.4 Å². The van der Waals surface area contributed by atoms with E-state index >= 15 is 0 Å². The van der Waals surface area contributed by atoms with E-state index in [-0.39, 0.29) is 18.0 Å². The molecule has 1 atom stereocenters. The van der Waals surface area contributed by atoms with E-state index in [0.717, 1.165) is 5.56 Å². The highest BCUT2D eigenvalue weighted by Crippen LogP contribution is 2.28. The second-order valence-corrected chi connectivity index (χ2v) is 6.87. The molecule has 1 N–H and O–H groups in total. The van der Waals surface area contributed by atoms with Crippen molar-refractivity contribution < 1.29 is 28.6 Å². The molecule has 156 valence electrons. The standard InChI is InChI=1S/C22H27NO6/c1-12-20(14(3)24)13(2)23-21(12)22(26)15(4)29-19(25)10-8-16-7-9-17(27-5)18(11-16)28-6/h7,9,11,15,23H,8,10H2,1-6H3. The zero-order valence-corrected chi connectivity index (χ0v) is 17.7. The molecule has 1 heterocycles. The lowest BCUT2D eigenvalue weighted by atomic mass is 10.0. The molecular weight excluding hydrogens is 374 g/mol. The number of esters is 1. The van der Waals surface area contributed by atoms with Crippen LogP contribution in [0.2, 0.25) is 0 Å². The largest absolute Gasteiger partial charge is 0.493 e. The van der Waals surface area contributed by atoms with Gasteiger partial charge >= 0.3 is 5.97 Å². The summed E-state index contributed by atoms with van der Waals surface area (Å²) in [7, 11) is 3.10. The topological polar surface area (TPSA) is 94.7 Å². The van der Waals surface area contributed by atoms with Gasteiger partial charge in [-0.05, 0) is 57.4 Å².